The van der Waals surface area contributed by atoms with Gasteiger partial charge in [0, 0.05) is 18.1 Å². The molecule has 0 unspecified atom stereocenters. The van der Waals surface area contributed by atoms with Gasteiger partial charge in [-0.05, 0) is 31.6 Å². The summed E-state index contributed by atoms with van der Waals surface area (Å²) in [5, 5.41) is 2.92. The van der Waals surface area contributed by atoms with Crippen molar-refractivity contribution in [2.24, 2.45) is 11.8 Å². The van der Waals surface area contributed by atoms with Gasteiger partial charge < -0.3 is 20.5 Å². The van der Waals surface area contributed by atoms with Crippen LogP contribution in [0.2, 0.25) is 0 Å². The number of nitrogens with one attached hydrogen (secondary N) is 1. The van der Waals surface area contributed by atoms with Crippen LogP contribution >= 0.6 is 0 Å². The predicted octanol–water partition coefficient (Wildman–Crippen LogP) is 3.05. The molecule has 1 aromatic rings. The van der Waals surface area contributed by atoms with Gasteiger partial charge in [0.2, 0.25) is 5.91 Å². The van der Waals surface area contributed by atoms with Crippen molar-refractivity contribution in [2.75, 3.05) is 25.3 Å². The summed E-state index contributed by atoms with van der Waals surface area (Å²) in [6, 6.07) is 3.37. The summed E-state index contributed by atoms with van der Waals surface area (Å²) in [6.45, 7) is 2.24. The molecular weight excluding hydrogens is 268 g/mol. The Bertz CT molecular complexity index is 508. The van der Waals surface area contributed by atoms with E-state index in [9.17, 15) is 4.79 Å². The van der Waals surface area contributed by atoms with Crippen LogP contribution in [0.4, 0.5) is 11.4 Å². The van der Waals surface area contributed by atoms with Gasteiger partial charge in [0.05, 0.1) is 25.6 Å². The van der Waals surface area contributed by atoms with Gasteiger partial charge in [-0.15, -0.1) is 0 Å². The zero-order chi connectivity index (χ0) is 15.4. The summed E-state index contributed by atoms with van der Waals surface area (Å²) >= 11 is 0. The number of nitrogen functional groups attached to an aromatic ring is 1. The van der Waals surface area contributed by atoms with Crippen molar-refractivity contribution >= 4 is 17.3 Å². The highest BCUT2D eigenvalue weighted by molar-refractivity contribution is 5.96. The lowest BCUT2D eigenvalue weighted by atomic mass is 9.82. The van der Waals surface area contributed by atoms with Crippen LogP contribution in [0.3, 0.4) is 0 Å². The van der Waals surface area contributed by atoms with E-state index < -0.39 is 0 Å². The van der Waals surface area contributed by atoms with Crippen LogP contribution < -0.4 is 20.5 Å². The van der Waals surface area contributed by atoms with Crippen molar-refractivity contribution < 1.29 is 14.3 Å². The van der Waals surface area contributed by atoms with Gasteiger partial charge in [0.15, 0.2) is 11.5 Å². The molecule has 0 heterocycles. The Kier molecular flexibility index (Phi) is 4.94. The lowest BCUT2D eigenvalue weighted by molar-refractivity contribution is -0.121. The number of carbonyl (C=O) groups excluding carboxylic acids is 1. The SMILES string of the molecule is COc1cc(N)c(NC(=O)C2CCC(C)CC2)cc1OC. The number of rotatable bonds is 4. The lowest BCUT2D eigenvalue weighted by Crippen LogP contribution is -2.27. The molecule has 0 aliphatic heterocycles. The number of anilines is 2. The molecule has 1 aliphatic carbocycles. The van der Waals surface area contributed by atoms with Gasteiger partial charge in [-0.2, -0.15) is 0 Å². The van der Waals surface area contributed by atoms with Gasteiger partial charge in [0.1, 0.15) is 0 Å². The van der Waals surface area contributed by atoms with Crippen LogP contribution in [-0.4, -0.2) is 20.1 Å². The van der Waals surface area contributed by atoms with Crippen molar-refractivity contribution in [1.29, 1.82) is 0 Å². The van der Waals surface area contributed by atoms with E-state index in [0.717, 1.165) is 31.6 Å². The largest absolute Gasteiger partial charge is 0.493 e. The van der Waals surface area contributed by atoms with Crippen molar-refractivity contribution in [3.05, 3.63) is 12.1 Å². The third-order valence-electron chi connectivity index (χ3n) is 4.20. The van der Waals surface area contributed by atoms with Crippen LogP contribution in [0.15, 0.2) is 12.1 Å². The number of amides is 1. The summed E-state index contributed by atoms with van der Waals surface area (Å²) < 4.78 is 10.4. The minimum atomic E-state index is 0.0424. The molecule has 5 heteroatoms. The molecule has 0 saturated heterocycles. The maximum absolute atomic E-state index is 12.3. The van der Waals surface area contributed by atoms with Gasteiger partial charge >= 0.3 is 0 Å². The molecule has 1 amide bonds. The number of benzene rings is 1. The van der Waals surface area contributed by atoms with E-state index in [1.54, 1.807) is 26.4 Å². The number of carbonyl (C=O) groups is 1. The maximum Gasteiger partial charge on any atom is 0.227 e. The molecular formula is C16H24N2O3. The molecule has 0 atom stereocenters. The summed E-state index contributed by atoms with van der Waals surface area (Å²) in [5.41, 5.74) is 7.03. The molecule has 116 valence electrons. The highest BCUT2D eigenvalue weighted by Crippen LogP contribution is 2.36. The second kappa shape index (κ2) is 6.70. The third-order valence-corrected chi connectivity index (χ3v) is 4.20. The fourth-order valence-corrected chi connectivity index (χ4v) is 2.76. The first-order valence-electron chi connectivity index (χ1n) is 7.37. The number of hydrogen-bond donors (Lipinski definition) is 2. The second-order valence-electron chi connectivity index (χ2n) is 5.74. The van der Waals surface area contributed by atoms with Crippen LogP contribution in [0.5, 0.6) is 11.5 Å². The predicted molar refractivity (Wildman–Crippen MR) is 83.7 cm³/mol. The number of ether oxygens (including phenoxy) is 2. The molecule has 0 aromatic heterocycles. The van der Waals surface area contributed by atoms with Crippen LogP contribution in [0.1, 0.15) is 32.6 Å². The van der Waals surface area contributed by atoms with Crippen molar-refractivity contribution in [3.63, 3.8) is 0 Å². The molecule has 0 radical (unpaired) electrons. The Morgan fingerprint density at radius 2 is 1.71 bits per heavy atom. The molecule has 21 heavy (non-hydrogen) atoms. The third kappa shape index (κ3) is 3.60. The normalized spacial score (nSPS) is 21.7. The van der Waals surface area contributed by atoms with E-state index in [4.69, 9.17) is 15.2 Å². The first-order chi connectivity index (χ1) is 10.0. The zero-order valence-electron chi connectivity index (χ0n) is 12.9. The van der Waals surface area contributed by atoms with Gasteiger partial charge in [-0.3, -0.25) is 4.79 Å². The first-order valence-corrected chi connectivity index (χ1v) is 7.37. The number of hydrogen-bond acceptors (Lipinski definition) is 4. The van der Waals surface area contributed by atoms with Gasteiger partial charge in [-0.25, -0.2) is 0 Å². The Balaban J connectivity index is 2.10. The van der Waals surface area contributed by atoms with Crippen molar-refractivity contribution in [3.8, 4) is 11.5 Å². The minimum Gasteiger partial charge on any atom is -0.493 e. The van der Waals surface area contributed by atoms with E-state index in [1.165, 1.54) is 0 Å². The van der Waals surface area contributed by atoms with Gasteiger partial charge in [0.25, 0.3) is 0 Å². The molecule has 1 fully saturated rings. The Hall–Kier alpha value is -1.91. The number of methoxy groups -OCH3 is 2. The molecule has 0 spiro atoms. The summed E-state index contributed by atoms with van der Waals surface area (Å²) in [7, 11) is 3.11. The topological polar surface area (TPSA) is 73.6 Å². The van der Waals surface area contributed by atoms with E-state index in [2.05, 4.69) is 12.2 Å². The Morgan fingerprint density at radius 3 is 2.29 bits per heavy atom. The van der Waals surface area contributed by atoms with E-state index >= 15 is 0 Å². The molecule has 5 nitrogen and oxygen atoms in total. The Morgan fingerprint density at radius 1 is 1.14 bits per heavy atom. The van der Waals surface area contributed by atoms with E-state index in [0.29, 0.717) is 22.9 Å². The molecule has 1 saturated carbocycles. The highest BCUT2D eigenvalue weighted by atomic mass is 16.5. The quantitative estimate of drug-likeness (QED) is 0.836. The summed E-state index contributed by atoms with van der Waals surface area (Å²) in [4.78, 5) is 12.3. The smallest absolute Gasteiger partial charge is 0.227 e. The average Bonchev–Trinajstić information content (AvgIpc) is 2.49. The molecule has 1 aliphatic rings. The highest BCUT2D eigenvalue weighted by Gasteiger charge is 2.25. The second-order valence-corrected chi connectivity index (χ2v) is 5.74. The zero-order valence-corrected chi connectivity index (χ0v) is 12.9. The fourth-order valence-electron chi connectivity index (χ4n) is 2.76. The maximum atomic E-state index is 12.3. The molecule has 1 aromatic carbocycles. The standard InChI is InChI=1S/C16H24N2O3/c1-10-4-6-11(7-5-10)16(19)18-13-9-15(21-3)14(20-2)8-12(13)17/h8-11H,4-7,17H2,1-3H3,(H,18,19). The molecule has 3 N–H and O–H groups in total. The van der Waals surface area contributed by atoms with Crippen molar-refractivity contribution in [1.82, 2.24) is 0 Å². The average molecular weight is 292 g/mol. The van der Waals surface area contributed by atoms with E-state index in [-0.39, 0.29) is 11.8 Å². The van der Waals surface area contributed by atoms with Crippen LogP contribution in [0, 0.1) is 11.8 Å². The van der Waals surface area contributed by atoms with Crippen LogP contribution in [0.25, 0.3) is 0 Å². The van der Waals surface area contributed by atoms with Gasteiger partial charge in [-0.1, -0.05) is 6.92 Å². The minimum absolute atomic E-state index is 0.0424. The first kappa shape index (κ1) is 15.5. The summed E-state index contributed by atoms with van der Waals surface area (Å²) in [6.07, 6.45) is 4.11. The van der Waals surface area contributed by atoms with E-state index in [1.807, 2.05) is 0 Å². The molecule has 2 rings (SSSR count). The molecule has 0 bridgehead atoms. The Labute approximate surface area is 125 Å². The fraction of sp³-hybridized carbons (Fsp3) is 0.562. The van der Waals surface area contributed by atoms with Crippen molar-refractivity contribution in [2.45, 2.75) is 32.6 Å². The summed E-state index contributed by atoms with van der Waals surface area (Å²) in [5.74, 6) is 1.95. The lowest BCUT2D eigenvalue weighted by Gasteiger charge is -2.25. The number of nitrogens with two attached hydrogens (primary N) is 1. The monoisotopic (exact) mass is 292 g/mol. The van der Waals surface area contributed by atoms with Crippen LogP contribution in [-0.2, 0) is 4.79 Å².